The minimum Gasteiger partial charge on any atom is -0.0805 e. The Kier molecular flexibility index (Phi) is 6.14. The second kappa shape index (κ2) is 8.71. The quantitative estimate of drug-likeness (QED) is 0.329. The van der Waals surface area contributed by atoms with Gasteiger partial charge in [0.25, 0.3) is 0 Å². The smallest absolute Gasteiger partial charge is 0.0805 e. The van der Waals surface area contributed by atoms with E-state index in [1.807, 2.05) is 0 Å². The molecule has 0 fully saturated rings. The summed E-state index contributed by atoms with van der Waals surface area (Å²) in [5, 5.41) is 6.24. The van der Waals surface area contributed by atoms with Gasteiger partial charge in [-0.3, -0.25) is 0 Å². The molecule has 164 valence electrons. The summed E-state index contributed by atoms with van der Waals surface area (Å²) < 4.78 is 0. The lowest BCUT2D eigenvalue weighted by molar-refractivity contribution is 1.14. The fourth-order valence-corrected chi connectivity index (χ4v) is 11.7. The van der Waals surface area contributed by atoms with Gasteiger partial charge in [0, 0.05) is 0 Å². The Morgan fingerprint density at radius 1 is 0.562 bits per heavy atom. The number of hydrogen-bond acceptors (Lipinski definition) is 0. The van der Waals surface area contributed by atoms with E-state index in [0.717, 1.165) is 12.8 Å². The monoisotopic (exact) mass is 436 g/mol. The fourth-order valence-electron chi connectivity index (χ4n) is 5.87. The molecule has 0 atom stereocenters. The van der Waals surface area contributed by atoms with E-state index in [-0.39, 0.29) is 0 Å². The van der Waals surface area contributed by atoms with E-state index in [1.165, 1.54) is 54.5 Å². The van der Waals surface area contributed by atoms with Gasteiger partial charge in [0.1, 0.15) is 0 Å². The molecule has 0 bridgehead atoms. The molecule has 0 radical (unpaired) electrons. The van der Waals surface area contributed by atoms with E-state index in [2.05, 4.69) is 115 Å². The van der Waals surface area contributed by atoms with Crippen LogP contribution in [0.25, 0.3) is 0 Å². The maximum absolute atomic E-state index is 2.48. The Morgan fingerprint density at radius 3 is 1.22 bits per heavy atom. The molecule has 1 aliphatic carbocycles. The zero-order chi connectivity index (χ0) is 23.0. The molecular weight excluding hydrogens is 400 g/mol. The average Bonchev–Trinajstić information content (AvgIpc) is 3.15. The van der Waals surface area contributed by atoms with E-state index in [0.29, 0.717) is 0 Å². The molecule has 0 aliphatic heterocycles. The average molecular weight is 437 g/mol. The maximum atomic E-state index is 2.48. The van der Waals surface area contributed by atoms with Gasteiger partial charge >= 0.3 is 0 Å². The van der Waals surface area contributed by atoms with Crippen molar-refractivity contribution in [1.82, 2.24) is 0 Å². The van der Waals surface area contributed by atoms with E-state index in [4.69, 9.17) is 0 Å². The summed E-state index contributed by atoms with van der Waals surface area (Å²) in [5.74, 6) is 0. The summed E-state index contributed by atoms with van der Waals surface area (Å²) in [5.41, 5.74) is 9.68. The van der Waals surface area contributed by atoms with Crippen LogP contribution >= 0.6 is 0 Å². The summed E-state index contributed by atoms with van der Waals surface area (Å²) in [6, 6.07) is 21.8. The van der Waals surface area contributed by atoms with Crippen molar-refractivity contribution in [3.05, 3.63) is 111 Å². The van der Waals surface area contributed by atoms with Crippen LogP contribution in [-0.2, 0) is 0 Å². The number of benzene rings is 3. The number of rotatable bonds is 5. The van der Waals surface area contributed by atoms with Crippen LogP contribution in [0.3, 0.4) is 0 Å². The van der Waals surface area contributed by atoms with Crippen LogP contribution in [0.2, 0.25) is 0 Å². The van der Waals surface area contributed by atoms with Crippen LogP contribution in [0.1, 0.15) is 53.1 Å². The van der Waals surface area contributed by atoms with Gasteiger partial charge in [-0.1, -0.05) is 118 Å². The molecule has 1 heteroatoms. The minimum absolute atomic E-state index is 1.06. The van der Waals surface area contributed by atoms with Crippen LogP contribution in [-0.4, -0.2) is 8.07 Å². The summed E-state index contributed by atoms with van der Waals surface area (Å²) >= 11 is 0. The molecule has 0 spiro atoms. The predicted molar refractivity (Wildman–Crippen MR) is 143 cm³/mol. The first-order chi connectivity index (χ1) is 15.2. The first-order valence-corrected chi connectivity index (χ1v) is 13.9. The molecule has 0 nitrogen and oxygen atoms in total. The van der Waals surface area contributed by atoms with Crippen LogP contribution in [0.4, 0.5) is 0 Å². The van der Waals surface area contributed by atoms with Crippen LogP contribution in [0.5, 0.6) is 0 Å². The molecule has 3 aromatic carbocycles. The van der Waals surface area contributed by atoms with Crippen molar-refractivity contribution in [2.75, 3.05) is 0 Å². The molecule has 0 N–H and O–H groups in total. The Labute approximate surface area is 195 Å². The molecule has 0 heterocycles. The highest BCUT2D eigenvalue weighted by Crippen LogP contribution is 2.31. The highest BCUT2D eigenvalue weighted by molar-refractivity contribution is 7.16. The Bertz CT molecular complexity index is 1050. The zero-order valence-corrected chi connectivity index (χ0v) is 21.8. The van der Waals surface area contributed by atoms with Crippen molar-refractivity contribution in [2.45, 2.75) is 61.3 Å². The maximum Gasteiger partial charge on any atom is 0.176 e. The lowest BCUT2D eigenvalue weighted by Crippen LogP contribution is -2.69. The van der Waals surface area contributed by atoms with Crippen molar-refractivity contribution in [3.63, 3.8) is 0 Å². The summed E-state index contributed by atoms with van der Waals surface area (Å²) in [6.45, 7) is 15.8. The lowest BCUT2D eigenvalue weighted by atomic mass is 10.1. The number of aryl methyl sites for hydroxylation is 6. The third-order valence-electron chi connectivity index (χ3n) is 6.83. The Hall–Kier alpha value is -2.64. The molecule has 0 aromatic heterocycles. The van der Waals surface area contributed by atoms with Crippen LogP contribution in [0, 0.1) is 41.5 Å². The van der Waals surface area contributed by atoms with Gasteiger partial charge in [0.05, 0.1) is 0 Å². The van der Waals surface area contributed by atoms with Crippen LogP contribution < -0.4 is 15.6 Å². The lowest BCUT2D eigenvalue weighted by Gasteiger charge is -2.38. The van der Waals surface area contributed by atoms with E-state index in [9.17, 15) is 0 Å². The largest absolute Gasteiger partial charge is 0.176 e. The standard InChI is InChI=1S/C31H36Si/c1-8-27-10-9-11-31(27)32(28-15-21(2)12-22(3)16-28,29-17-23(4)13-24(5)18-29)30-19-25(6)14-26(7)20-30/h9-10,12-20H,8,11H2,1-7H3. The van der Waals surface area contributed by atoms with Gasteiger partial charge in [-0.05, 0) is 69.9 Å². The van der Waals surface area contributed by atoms with Crippen molar-refractivity contribution >= 4 is 23.6 Å². The summed E-state index contributed by atoms with van der Waals surface area (Å²) in [4.78, 5) is 0. The molecule has 0 amide bonds. The molecule has 0 unspecified atom stereocenters. The second-order valence-corrected chi connectivity index (χ2v) is 13.7. The second-order valence-electron chi connectivity index (χ2n) is 9.84. The molecule has 4 rings (SSSR count). The Morgan fingerprint density at radius 2 is 0.906 bits per heavy atom. The van der Waals surface area contributed by atoms with E-state index < -0.39 is 8.07 Å². The van der Waals surface area contributed by atoms with Crippen molar-refractivity contribution in [3.8, 4) is 0 Å². The van der Waals surface area contributed by atoms with Gasteiger partial charge in [-0.25, -0.2) is 0 Å². The zero-order valence-electron chi connectivity index (χ0n) is 20.8. The van der Waals surface area contributed by atoms with Gasteiger partial charge in [0.15, 0.2) is 8.07 Å². The van der Waals surface area contributed by atoms with Gasteiger partial charge in [-0.2, -0.15) is 0 Å². The van der Waals surface area contributed by atoms with E-state index >= 15 is 0 Å². The predicted octanol–water partition coefficient (Wildman–Crippen LogP) is 6.21. The summed E-state index contributed by atoms with van der Waals surface area (Å²) in [7, 11) is -2.45. The SMILES string of the molecule is CCC1=C([Si](c2cc(C)cc(C)c2)(c2cc(C)cc(C)c2)c2cc(C)cc(C)c2)CC=C1. The number of hydrogen-bond donors (Lipinski definition) is 0. The first kappa shape index (κ1) is 22.5. The van der Waals surface area contributed by atoms with Crippen molar-refractivity contribution < 1.29 is 0 Å². The van der Waals surface area contributed by atoms with Gasteiger partial charge in [0.2, 0.25) is 0 Å². The highest BCUT2D eigenvalue weighted by atomic mass is 28.3. The third-order valence-corrected chi connectivity index (χ3v) is 11.7. The minimum atomic E-state index is -2.45. The molecule has 3 aromatic rings. The fraction of sp³-hybridized carbons (Fsp3) is 0.290. The van der Waals surface area contributed by atoms with Gasteiger partial charge in [-0.15, -0.1) is 0 Å². The normalized spacial score (nSPS) is 13.8. The number of allylic oxidation sites excluding steroid dienone is 4. The van der Waals surface area contributed by atoms with Crippen molar-refractivity contribution in [1.29, 1.82) is 0 Å². The molecule has 32 heavy (non-hydrogen) atoms. The molecule has 0 saturated heterocycles. The van der Waals surface area contributed by atoms with E-state index in [1.54, 1.807) is 5.20 Å². The molecule has 0 saturated carbocycles. The third kappa shape index (κ3) is 3.95. The highest BCUT2D eigenvalue weighted by Gasteiger charge is 2.45. The van der Waals surface area contributed by atoms with Crippen LogP contribution in [0.15, 0.2) is 77.5 Å². The first-order valence-electron chi connectivity index (χ1n) is 11.9. The molecular formula is C31H36Si. The summed E-state index contributed by atoms with van der Waals surface area (Å²) in [6.07, 6.45) is 6.93. The molecule has 1 aliphatic rings. The van der Waals surface area contributed by atoms with Gasteiger partial charge < -0.3 is 0 Å². The van der Waals surface area contributed by atoms with Crippen molar-refractivity contribution in [2.24, 2.45) is 0 Å². The topological polar surface area (TPSA) is 0 Å². The Balaban J connectivity index is 2.24.